The van der Waals surface area contributed by atoms with Gasteiger partial charge in [0.05, 0.1) is 19.3 Å². The summed E-state index contributed by atoms with van der Waals surface area (Å²) in [5, 5.41) is 0. The zero-order valence-electron chi connectivity index (χ0n) is 8.21. The van der Waals surface area contributed by atoms with E-state index in [0.717, 1.165) is 18.4 Å². The van der Waals surface area contributed by atoms with Gasteiger partial charge in [0.15, 0.2) is 0 Å². The standard InChI is InChI=1S/C10H16O3/c1-3-12-10(11)7-9-4-5-13-8(2)6-9/h7-8H,3-6H2,1-2H3. The van der Waals surface area contributed by atoms with Gasteiger partial charge in [-0.2, -0.15) is 0 Å². The van der Waals surface area contributed by atoms with Crippen LogP contribution in [0.3, 0.4) is 0 Å². The van der Waals surface area contributed by atoms with Crippen molar-refractivity contribution in [1.82, 2.24) is 0 Å². The minimum Gasteiger partial charge on any atom is -0.463 e. The van der Waals surface area contributed by atoms with E-state index in [0.29, 0.717) is 13.2 Å². The second-order valence-corrected chi connectivity index (χ2v) is 3.19. The predicted molar refractivity (Wildman–Crippen MR) is 49.4 cm³/mol. The lowest BCUT2D eigenvalue weighted by Gasteiger charge is -2.21. The summed E-state index contributed by atoms with van der Waals surface area (Å²) in [6.45, 7) is 4.97. The fourth-order valence-electron chi connectivity index (χ4n) is 1.40. The van der Waals surface area contributed by atoms with Gasteiger partial charge >= 0.3 is 5.97 Å². The van der Waals surface area contributed by atoms with Crippen LogP contribution in [-0.4, -0.2) is 25.3 Å². The molecule has 13 heavy (non-hydrogen) atoms. The van der Waals surface area contributed by atoms with Crippen LogP contribution in [0.25, 0.3) is 0 Å². The lowest BCUT2D eigenvalue weighted by Crippen LogP contribution is -2.18. The molecule has 1 atom stereocenters. The SMILES string of the molecule is CCOC(=O)C=C1CCOC(C)C1. The Hall–Kier alpha value is -0.830. The van der Waals surface area contributed by atoms with Crippen molar-refractivity contribution < 1.29 is 14.3 Å². The Kier molecular flexibility index (Phi) is 3.96. The highest BCUT2D eigenvalue weighted by molar-refractivity contribution is 5.82. The summed E-state index contributed by atoms with van der Waals surface area (Å²) in [6, 6.07) is 0. The number of rotatable bonds is 2. The fourth-order valence-corrected chi connectivity index (χ4v) is 1.40. The molecule has 1 unspecified atom stereocenters. The van der Waals surface area contributed by atoms with Crippen LogP contribution in [0.1, 0.15) is 26.7 Å². The number of ether oxygens (including phenoxy) is 2. The first-order valence-corrected chi connectivity index (χ1v) is 4.70. The summed E-state index contributed by atoms with van der Waals surface area (Å²) in [5.74, 6) is -0.230. The molecule has 0 aliphatic carbocycles. The number of carbonyl (C=O) groups is 1. The van der Waals surface area contributed by atoms with E-state index in [4.69, 9.17) is 9.47 Å². The Morgan fingerprint density at radius 2 is 2.54 bits per heavy atom. The molecule has 0 aromatic carbocycles. The first-order chi connectivity index (χ1) is 6.22. The molecule has 0 amide bonds. The summed E-state index contributed by atoms with van der Waals surface area (Å²) in [4.78, 5) is 11.1. The van der Waals surface area contributed by atoms with Crippen molar-refractivity contribution in [2.75, 3.05) is 13.2 Å². The number of hydrogen-bond acceptors (Lipinski definition) is 3. The van der Waals surface area contributed by atoms with Crippen molar-refractivity contribution in [1.29, 1.82) is 0 Å². The molecule has 0 aromatic heterocycles. The molecule has 1 heterocycles. The highest BCUT2D eigenvalue weighted by Crippen LogP contribution is 2.18. The molecule has 0 spiro atoms. The third-order valence-electron chi connectivity index (χ3n) is 1.98. The molecule has 1 aliphatic heterocycles. The van der Waals surface area contributed by atoms with Gasteiger partial charge in [-0.15, -0.1) is 0 Å². The summed E-state index contributed by atoms with van der Waals surface area (Å²) in [6.07, 6.45) is 3.53. The van der Waals surface area contributed by atoms with E-state index in [1.807, 2.05) is 13.8 Å². The van der Waals surface area contributed by atoms with Crippen LogP contribution in [-0.2, 0) is 14.3 Å². The molecule has 0 radical (unpaired) electrons. The van der Waals surface area contributed by atoms with E-state index < -0.39 is 0 Å². The van der Waals surface area contributed by atoms with Crippen LogP contribution in [0.4, 0.5) is 0 Å². The Balaban J connectivity index is 2.44. The minimum atomic E-state index is -0.230. The van der Waals surface area contributed by atoms with Gasteiger partial charge in [-0.3, -0.25) is 0 Å². The van der Waals surface area contributed by atoms with Crippen LogP contribution in [0.2, 0.25) is 0 Å². The van der Waals surface area contributed by atoms with Crippen molar-refractivity contribution in [2.45, 2.75) is 32.8 Å². The van der Waals surface area contributed by atoms with Crippen LogP contribution < -0.4 is 0 Å². The normalized spacial score (nSPS) is 26.0. The van der Waals surface area contributed by atoms with Gasteiger partial charge in [-0.1, -0.05) is 5.57 Å². The number of hydrogen-bond donors (Lipinski definition) is 0. The largest absolute Gasteiger partial charge is 0.463 e. The van der Waals surface area contributed by atoms with Crippen molar-refractivity contribution in [3.8, 4) is 0 Å². The van der Waals surface area contributed by atoms with E-state index >= 15 is 0 Å². The maximum absolute atomic E-state index is 11.1. The molecule has 0 bridgehead atoms. The smallest absolute Gasteiger partial charge is 0.330 e. The topological polar surface area (TPSA) is 35.5 Å². The molecular weight excluding hydrogens is 168 g/mol. The second-order valence-electron chi connectivity index (χ2n) is 3.19. The molecule has 1 fully saturated rings. The molecule has 0 saturated carbocycles. The minimum absolute atomic E-state index is 0.230. The molecule has 1 aliphatic rings. The summed E-state index contributed by atoms with van der Waals surface area (Å²) in [5.41, 5.74) is 1.14. The Labute approximate surface area is 78.7 Å². The highest BCUT2D eigenvalue weighted by atomic mass is 16.5. The van der Waals surface area contributed by atoms with E-state index in [9.17, 15) is 4.79 Å². The maximum Gasteiger partial charge on any atom is 0.330 e. The van der Waals surface area contributed by atoms with E-state index in [2.05, 4.69) is 0 Å². The Bertz CT molecular complexity index is 208. The molecule has 1 saturated heterocycles. The average molecular weight is 184 g/mol. The summed E-state index contributed by atoms with van der Waals surface area (Å²) >= 11 is 0. The molecule has 0 aromatic rings. The first-order valence-electron chi connectivity index (χ1n) is 4.70. The third kappa shape index (κ3) is 3.59. The van der Waals surface area contributed by atoms with Gasteiger partial charge in [0, 0.05) is 6.08 Å². The second kappa shape index (κ2) is 5.02. The van der Waals surface area contributed by atoms with Crippen molar-refractivity contribution in [2.24, 2.45) is 0 Å². The van der Waals surface area contributed by atoms with Crippen LogP contribution in [0.5, 0.6) is 0 Å². The average Bonchev–Trinajstić information content (AvgIpc) is 2.04. The van der Waals surface area contributed by atoms with Gasteiger partial charge < -0.3 is 9.47 Å². The quantitative estimate of drug-likeness (QED) is 0.484. The van der Waals surface area contributed by atoms with Gasteiger partial charge in [-0.05, 0) is 26.7 Å². The van der Waals surface area contributed by atoms with E-state index in [1.165, 1.54) is 0 Å². The van der Waals surface area contributed by atoms with Crippen LogP contribution in [0, 0.1) is 0 Å². The van der Waals surface area contributed by atoms with E-state index in [-0.39, 0.29) is 12.1 Å². The highest BCUT2D eigenvalue weighted by Gasteiger charge is 2.13. The molecule has 74 valence electrons. The zero-order chi connectivity index (χ0) is 9.68. The maximum atomic E-state index is 11.1. The number of carbonyl (C=O) groups excluding carboxylic acids is 1. The zero-order valence-corrected chi connectivity index (χ0v) is 8.21. The monoisotopic (exact) mass is 184 g/mol. The third-order valence-corrected chi connectivity index (χ3v) is 1.98. The molecule has 3 heteroatoms. The summed E-state index contributed by atoms with van der Waals surface area (Å²) < 4.78 is 10.2. The van der Waals surface area contributed by atoms with Crippen molar-refractivity contribution in [3.05, 3.63) is 11.6 Å². The van der Waals surface area contributed by atoms with Crippen LogP contribution >= 0.6 is 0 Å². The fraction of sp³-hybridized carbons (Fsp3) is 0.700. The van der Waals surface area contributed by atoms with Gasteiger partial charge in [-0.25, -0.2) is 4.79 Å². The van der Waals surface area contributed by atoms with Crippen molar-refractivity contribution >= 4 is 5.97 Å². The van der Waals surface area contributed by atoms with E-state index in [1.54, 1.807) is 6.08 Å². The van der Waals surface area contributed by atoms with Crippen molar-refractivity contribution in [3.63, 3.8) is 0 Å². The first kappa shape index (κ1) is 10.3. The summed E-state index contributed by atoms with van der Waals surface area (Å²) in [7, 11) is 0. The molecule has 0 N–H and O–H groups in total. The molecule has 3 nitrogen and oxygen atoms in total. The number of esters is 1. The van der Waals surface area contributed by atoms with Gasteiger partial charge in [0.2, 0.25) is 0 Å². The van der Waals surface area contributed by atoms with Crippen LogP contribution in [0.15, 0.2) is 11.6 Å². The molecular formula is C10H16O3. The lowest BCUT2D eigenvalue weighted by molar-refractivity contribution is -0.137. The Morgan fingerprint density at radius 3 is 3.15 bits per heavy atom. The lowest BCUT2D eigenvalue weighted by atomic mass is 10.0. The van der Waals surface area contributed by atoms with Gasteiger partial charge in [0.1, 0.15) is 0 Å². The van der Waals surface area contributed by atoms with Gasteiger partial charge in [0.25, 0.3) is 0 Å². The Morgan fingerprint density at radius 1 is 1.77 bits per heavy atom. The molecule has 1 rings (SSSR count). The predicted octanol–water partition coefficient (Wildman–Crippen LogP) is 1.67.